The zero-order valence-corrected chi connectivity index (χ0v) is 16.3. The Kier molecular flexibility index (Phi) is 7.03. The van der Waals surface area contributed by atoms with Gasteiger partial charge in [-0.3, -0.25) is 4.79 Å². The Bertz CT molecular complexity index is 790. The number of urea groups is 1. The molecule has 0 unspecified atom stereocenters. The summed E-state index contributed by atoms with van der Waals surface area (Å²) in [6.45, 7) is 0.955. The van der Waals surface area contributed by atoms with Crippen LogP contribution in [0.2, 0.25) is 0 Å². The van der Waals surface area contributed by atoms with E-state index < -0.39 is 22.0 Å². The van der Waals surface area contributed by atoms with Crippen molar-refractivity contribution in [3.8, 4) is 5.75 Å². The van der Waals surface area contributed by atoms with E-state index in [0.717, 1.165) is 19.3 Å². The number of nitrogens with zero attached hydrogens (tertiary/aromatic N) is 2. The first kappa shape index (κ1) is 21.0. The number of nitrogens with one attached hydrogen (secondary N) is 1. The largest absolute Gasteiger partial charge is 0.495 e. The lowest BCUT2D eigenvalue weighted by molar-refractivity contribution is -0.137. The molecule has 27 heavy (non-hydrogen) atoms. The Balaban J connectivity index is 2.21. The van der Waals surface area contributed by atoms with E-state index in [1.807, 2.05) is 0 Å². The number of sulfonamides is 1. The summed E-state index contributed by atoms with van der Waals surface area (Å²) in [5.41, 5.74) is 0.290. The van der Waals surface area contributed by atoms with Gasteiger partial charge in [0.25, 0.3) is 0 Å². The Morgan fingerprint density at radius 1 is 1.26 bits per heavy atom. The van der Waals surface area contributed by atoms with Gasteiger partial charge in [0, 0.05) is 32.4 Å². The maximum atomic E-state index is 13.0. The molecule has 1 aromatic carbocycles. The van der Waals surface area contributed by atoms with E-state index in [0.29, 0.717) is 18.8 Å². The second-order valence-corrected chi connectivity index (χ2v) is 8.23. The second-order valence-electron chi connectivity index (χ2n) is 6.33. The van der Waals surface area contributed by atoms with Crippen LogP contribution in [0.1, 0.15) is 25.7 Å². The number of carbonyl (C=O) groups excluding carboxylic acids is 1. The number of hydrogen-bond donors (Lipinski definition) is 2. The molecule has 0 aliphatic carbocycles. The molecule has 1 fully saturated rings. The molecule has 0 spiro atoms. The molecule has 1 aliphatic rings. The summed E-state index contributed by atoms with van der Waals surface area (Å²) in [7, 11) is -0.882. The van der Waals surface area contributed by atoms with Crippen molar-refractivity contribution in [2.24, 2.45) is 0 Å². The van der Waals surface area contributed by atoms with Crippen LogP contribution in [0.3, 0.4) is 0 Å². The normalized spacial score (nSPS) is 15.2. The topological polar surface area (TPSA) is 116 Å². The van der Waals surface area contributed by atoms with Crippen LogP contribution in [0.5, 0.6) is 5.75 Å². The van der Waals surface area contributed by atoms with E-state index in [1.54, 1.807) is 0 Å². The Morgan fingerprint density at radius 2 is 1.93 bits per heavy atom. The van der Waals surface area contributed by atoms with Crippen LogP contribution in [0, 0.1) is 0 Å². The molecular formula is C17H25N3O6S. The number of aliphatic carboxylic acids is 1. The number of rotatable bonds is 7. The Morgan fingerprint density at radius 3 is 2.52 bits per heavy atom. The molecular weight excluding hydrogens is 374 g/mol. The van der Waals surface area contributed by atoms with Crippen molar-refractivity contribution in [2.45, 2.75) is 30.6 Å². The zero-order chi connectivity index (χ0) is 20.0. The molecule has 2 rings (SSSR count). The van der Waals surface area contributed by atoms with Gasteiger partial charge in [-0.25, -0.2) is 13.2 Å². The highest BCUT2D eigenvalue weighted by Gasteiger charge is 2.29. The van der Waals surface area contributed by atoms with Gasteiger partial charge in [0.2, 0.25) is 10.0 Å². The molecule has 9 nitrogen and oxygen atoms in total. The van der Waals surface area contributed by atoms with Gasteiger partial charge in [0.1, 0.15) is 10.6 Å². The molecule has 0 saturated carbocycles. The average Bonchev–Trinajstić information content (AvgIpc) is 2.66. The molecule has 2 N–H and O–H groups in total. The van der Waals surface area contributed by atoms with Gasteiger partial charge in [-0.15, -0.1) is 0 Å². The third-order valence-electron chi connectivity index (χ3n) is 4.36. The van der Waals surface area contributed by atoms with Crippen LogP contribution in [-0.4, -0.2) is 68.5 Å². The van der Waals surface area contributed by atoms with Crippen LogP contribution < -0.4 is 10.1 Å². The number of anilines is 1. The van der Waals surface area contributed by atoms with Gasteiger partial charge in [-0.05, 0) is 31.0 Å². The second kappa shape index (κ2) is 9.05. The maximum Gasteiger partial charge on any atom is 0.321 e. The van der Waals surface area contributed by atoms with Crippen LogP contribution in [-0.2, 0) is 14.8 Å². The van der Waals surface area contributed by atoms with Crippen LogP contribution in [0.15, 0.2) is 23.1 Å². The Hall–Kier alpha value is -2.33. The summed E-state index contributed by atoms with van der Waals surface area (Å²) in [6, 6.07) is 3.87. The molecule has 1 aromatic rings. The van der Waals surface area contributed by atoms with Gasteiger partial charge in [-0.2, -0.15) is 4.31 Å². The fraction of sp³-hybridized carbons (Fsp3) is 0.529. The van der Waals surface area contributed by atoms with E-state index in [1.165, 1.54) is 41.6 Å². The number of piperidine rings is 1. The van der Waals surface area contributed by atoms with Gasteiger partial charge < -0.3 is 20.1 Å². The predicted molar refractivity (Wildman–Crippen MR) is 99.5 cm³/mol. The van der Waals surface area contributed by atoms with Gasteiger partial charge in [0.15, 0.2) is 0 Å². The van der Waals surface area contributed by atoms with E-state index in [2.05, 4.69) is 5.32 Å². The highest BCUT2D eigenvalue weighted by atomic mass is 32.2. The lowest BCUT2D eigenvalue weighted by Crippen LogP contribution is -2.36. The van der Waals surface area contributed by atoms with Gasteiger partial charge in [-0.1, -0.05) is 6.42 Å². The van der Waals surface area contributed by atoms with E-state index >= 15 is 0 Å². The molecule has 1 aliphatic heterocycles. The summed E-state index contributed by atoms with van der Waals surface area (Å²) in [6.07, 6.45) is 2.45. The number of carbonyl (C=O) groups is 2. The highest BCUT2D eigenvalue weighted by Crippen LogP contribution is 2.31. The summed E-state index contributed by atoms with van der Waals surface area (Å²) < 4.78 is 32.6. The standard InChI is InChI=1S/C17H25N3O6S/c1-19(11-8-16(21)22)17(23)18-13-6-7-14(26-2)15(12-13)27(24,25)20-9-4-3-5-10-20/h6-7,12H,3-5,8-11H2,1-2H3,(H,18,23)(H,21,22). The number of methoxy groups -OCH3 is 1. The van der Waals surface area contributed by atoms with Crippen molar-refractivity contribution < 1.29 is 27.9 Å². The molecule has 0 radical (unpaired) electrons. The first-order valence-electron chi connectivity index (χ1n) is 8.68. The monoisotopic (exact) mass is 399 g/mol. The minimum Gasteiger partial charge on any atom is -0.495 e. The lowest BCUT2D eigenvalue weighted by Gasteiger charge is -2.26. The molecule has 10 heteroatoms. The third-order valence-corrected chi connectivity index (χ3v) is 6.28. The van der Waals surface area contributed by atoms with Crippen molar-refractivity contribution >= 4 is 27.7 Å². The van der Waals surface area contributed by atoms with Gasteiger partial charge in [0.05, 0.1) is 13.5 Å². The Labute approximate surface area is 159 Å². The van der Waals surface area contributed by atoms with E-state index in [9.17, 15) is 18.0 Å². The average molecular weight is 399 g/mol. The third kappa shape index (κ3) is 5.33. The minimum absolute atomic E-state index is 0.00195. The number of hydrogen-bond acceptors (Lipinski definition) is 5. The highest BCUT2D eigenvalue weighted by molar-refractivity contribution is 7.89. The minimum atomic E-state index is -3.74. The first-order valence-corrected chi connectivity index (χ1v) is 10.1. The van der Waals surface area contributed by atoms with Crippen molar-refractivity contribution in [3.63, 3.8) is 0 Å². The van der Waals surface area contributed by atoms with Crippen LogP contribution in [0.25, 0.3) is 0 Å². The zero-order valence-electron chi connectivity index (χ0n) is 15.5. The van der Waals surface area contributed by atoms with E-state index in [-0.39, 0.29) is 23.6 Å². The summed E-state index contributed by atoms with van der Waals surface area (Å²) in [5.74, 6) is -0.799. The molecule has 2 amide bonds. The molecule has 150 valence electrons. The van der Waals surface area contributed by atoms with Crippen molar-refractivity contribution in [3.05, 3.63) is 18.2 Å². The van der Waals surface area contributed by atoms with Gasteiger partial charge >= 0.3 is 12.0 Å². The number of ether oxygens (including phenoxy) is 1. The molecule has 1 saturated heterocycles. The molecule has 1 heterocycles. The smallest absolute Gasteiger partial charge is 0.321 e. The van der Waals surface area contributed by atoms with Crippen LogP contribution in [0.4, 0.5) is 10.5 Å². The molecule has 0 bridgehead atoms. The first-order chi connectivity index (χ1) is 12.8. The van der Waals surface area contributed by atoms with Crippen molar-refractivity contribution in [2.75, 3.05) is 39.1 Å². The lowest BCUT2D eigenvalue weighted by atomic mass is 10.2. The SMILES string of the molecule is COc1ccc(NC(=O)N(C)CCC(=O)O)cc1S(=O)(=O)N1CCCCC1. The molecule has 0 atom stereocenters. The summed E-state index contributed by atoms with van der Waals surface area (Å²) in [4.78, 5) is 24.0. The van der Waals surface area contributed by atoms with Crippen molar-refractivity contribution in [1.82, 2.24) is 9.21 Å². The van der Waals surface area contributed by atoms with E-state index in [4.69, 9.17) is 9.84 Å². The van der Waals surface area contributed by atoms with Crippen LogP contribution >= 0.6 is 0 Å². The predicted octanol–water partition coefficient (Wildman–Crippen LogP) is 1.81. The number of amides is 2. The fourth-order valence-corrected chi connectivity index (χ4v) is 4.48. The number of carboxylic acid groups (broad SMARTS) is 1. The quantitative estimate of drug-likeness (QED) is 0.722. The number of benzene rings is 1. The number of carboxylic acids is 1. The molecule has 0 aromatic heterocycles. The summed E-state index contributed by atoms with van der Waals surface area (Å²) in [5, 5.41) is 11.3. The summed E-state index contributed by atoms with van der Waals surface area (Å²) >= 11 is 0. The maximum absolute atomic E-state index is 13.0. The van der Waals surface area contributed by atoms with Crippen molar-refractivity contribution in [1.29, 1.82) is 0 Å². The fourth-order valence-electron chi connectivity index (χ4n) is 2.78.